The lowest BCUT2D eigenvalue weighted by atomic mass is 9.84. The van der Waals surface area contributed by atoms with E-state index in [-0.39, 0.29) is 0 Å². The standard InChI is InChI=1S/C24H18N2O2/c1-12-13(2)20(23(27)26-24(25)28)18-11-5-9-16-15-8-3-6-14-7-4-10-17(21(14)15)19(12)22(16)18/h3-11H,1-2H3,(H3,25,26,27,28). The summed E-state index contributed by atoms with van der Waals surface area (Å²) in [5.41, 5.74) is 7.60. The molecule has 0 aromatic heterocycles. The van der Waals surface area contributed by atoms with Crippen molar-refractivity contribution in [1.82, 2.24) is 5.32 Å². The Morgan fingerprint density at radius 3 is 1.96 bits per heavy atom. The Morgan fingerprint density at radius 1 is 0.714 bits per heavy atom. The maximum atomic E-state index is 12.8. The maximum Gasteiger partial charge on any atom is 0.319 e. The summed E-state index contributed by atoms with van der Waals surface area (Å²) in [5, 5.41) is 11.2. The van der Waals surface area contributed by atoms with E-state index in [0.29, 0.717) is 5.56 Å². The van der Waals surface area contributed by atoms with E-state index in [0.717, 1.165) is 38.1 Å². The van der Waals surface area contributed by atoms with Gasteiger partial charge in [0, 0.05) is 0 Å². The van der Waals surface area contributed by atoms with Gasteiger partial charge in [0.2, 0.25) is 0 Å². The Balaban J connectivity index is 2.09. The van der Waals surface area contributed by atoms with Crippen molar-refractivity contribution in [1.29, 1.82) is 0 Å². The molecule has 5 aromatic rings. The molecule has 0 spiro atoms. The minimum atomic E-state index is -0.849. The van der Waals surface area contributed by atoms with Crippen molar-refractivity contribution >= 4 is 55.0 Å². The first-order valence-electron chi connectivity index (χ1n) is 9.18. The number of amides is 3. The van der Waals surface area contributed by atoms with E-state index in [1.54, 1.807) is 0 Å². The van der Waals surface area contributed by atoms with Crippen LogP contribution in [0.2, 0.25) is 0 Å². The highest BCUT2D eigenvalue weighted by Crippen LogP contribution is 2.43. The Bertz CT molecular complexity index is 1440. The van der Waals surface area contributed by atoms with E-state index in [4.69, 9.17) is 5.73 Å². The number of rotatable bonds is 1. The molecule has 0 radical (unpaired) electrons. The molecule has 4 heteroatoms. The normalized spacial score (nSPS) is 11.6. The largest absolute Gasteiger partial charge is 0.351 e. The smallest absolute Gasteiger partial charge is 0.319 e. The van der Waals surface area contributed by atoms with Gasteiger partial charge < -0.3 is 5.73 Å². The lowest BCUT2D eigenvalue weighted by Gasteiger charge is -2.20. The van der Waals surface area contributed by atoms with Gasteiger partial charge in [-0.3, -0.25) is 10.1 Å². The number of hydrogen-bond donors (Lipinski definition) is 2. The number of nitrogens with one attached hydrogen (secondary N) is 1. The molecule has 0 saturated heterocycles. The van der Waals surface area contributed by atoms with Crippen LogP contribution in [0.5, 0.6) is 0 Å². The Morgan fingerprint density at radius 2 is 1.29 bits per heavy atom. The summed E-state index contributed by atoms with van der Waals surface area (Å²) in [4.78, 5) is 24.1. The number of primary amides is 1. The van der Waals surface area contributed by atoms with Crippen LogP contribution in [0.4, 0.5) is 4.79 Å². The molecule has 0 fully saturated rings. The predicted molar refractivity (Wildman–Crippen MR) is 114 cm³/mol. The van der Waals surface area contributed by atoms with Crippen molar-refractivity contribution in [3.05, 3.63) is 71.3 Å². The van der Waals surface area contributed by atoms with Crippen molar-refractivity contribution in [2.24, 2.45) is 5.73 Å². The van der Waals surface area contributed by atoms with Crippen molar-refractivity contribution in [2.45, 2.75) is 13.8 Å². The molecule has 4 nitrogen and oxygen atoms in total. The van der Waals surface area contributed by atoms with Gasteiger partial charge in [-0.2, -0.15) is 0 Å². The fourth-order valence-electron chi connectivity index (χ4n) is 4.60. The van der Waals surface area contributed by atoms with Crippen LogP contribution in [0.15, 0.2) is 54.6 Å². The molecule has 0 aliphatic carbocycles. The molecule has 0 bridgehead atoms. The van der Waals surface area contributed by atoms with Crippen LogP contribution >= 0.6 is 0 Å². The number of carbonyl (C=O) groups excluding carboxylic acids is 2. The molecule has 0 unspecified atom stereocenters. The molecule has 0 aliphatic heterocycles. The zero-order valence-electron chi connectivity index (χ0n) is 15.6. The van der Waals surface area contributed by atoms with Crippen LogP contribution in [0.1, 0.15) is 21.5 Å². The Kier molecular flexibility index (Phi) is 3.34. The summed E-state index contributed by atoms with van der Waals surface area (Å²) >= 11 is 0. The predicted octanol–water partition coefficient (Wildman–Crippen LogP) is 5.16. The third kappa shape index (κ3) is 2.06. The first kappa shape index (κ1) is 16.5. The third-order valence-corrected chi connectivity index (χ3v) is 5.82. The van der Waals surface area contributed by atoms with Gasteiger partial charge >= 0.3 is 6.03 Å². The van der Waals surface area contributed by atoms with Gasteiger partial charge in [0.05, 0.1) is 5.56 Å². The number of fused-ring (bicyclic) bond motifs is 2. The van der Waals surface area contributed by atoms with Crippen LogP contribution < -0.4 is 11.1 Å². The van der Waals surface area contributed by atoms with Gasteiger partial charge in [-0.05, 0) is 68.1 Å². The SMILES string of the molecule is Cc1c(C(=O)NC(N)=O)c2cccc3c4cccc5cccc(c(c1C)c23)c54. The molecular weight excluding hydrogens is 348 g/mol. The number of aryl methyl sites for hydroxylation is 1. The monoisotopic (exact) mass is 366 g/mol. The average Bonchev–Trinajstić information content (AvgIpc) is 2.67. The summed E-state index contributed by atoms with van der Waals surface area (Å²) in [6.45, 7) is 3.96. The van der Waals surface area contributed by atoms with Crippen LogP contribution in [-0.4, -0.2) is 11.9 Å². The molecule has 28 heavy (non-hydrogen) atoms. The zero-order chi connectivity index (χ0) is 19.6. The number of urea groups is 1. The quantitative estimate of drug-likeness (QED) is 0.318. The second kappa shape index (κ2) is 5.67. The van der Waals surface area contributed by atoms with Crippen molar-refractivity contribution in [2.75, 3.05) is 0 Å². The van der Waals surface area contributed by atoms with E-state index in [1.165, 1.54) is 16.2 Å². The highest BCUT2D eigenvalue weighted by molar-refractivity contribution is 6.35. The molecule has 136 valence electrons. The lowest BCUT2D eigenvalue weighted by Crippen LogP contribution is -2.35. The van der Waals surface area contributed by atoms with E-state index >= 15 is 0 Å². The second-order valence-electron chi connectivity index (χ2n) is 7.26. The van der Waals surface area contributed by atoms with Crippen LogP contribution in [-0.2, 0) is 0 Å². The van der Waals surface area contributed by atoms with E-state index < -0.39 is 11.9 Å². The summed E-state index contributed by atoms with van der Waals surface area (Å²) in [6, 6.07) is 17.8. The minimum Gasteiger partial charge on any atom is -0.351 e. The van der Waals surface area contributed by atoms with E-state index in [1.807, 2.05) is 26.0 Å². The summed E-state index contributed by atoms with van der Waals surface area (Å²) < 4.78 is 0. The van der Waals surface area contributed by atoms with Gasteiger partial charge in [-0.15, -0.1) is 0 Å². The Labute approximate surface area is 161 Å². The molecule has 3 amide bonds. The van der Waals surface area contributed by atoms with Crippen LogP contribution in [0.25, 0.3) is 43.1 Å². The minimum absolute atomic E-state index is 0.464. The van der Waals surface area contributed by atoms with Crippen molar-refractivity contribution in [3.8, 4) is 0 Å². The molecule has 0 aliphatic rings. The molecule has 3 N–H and O–H groups in total. The van der Waals surface area contributed by atoms with Gasteiger partial charge in [0.1, 0.15) is 0 Å². The molecule has 0 atom stereocenters. The summed E-state index contributed by atoms with van der Waals surface area (Å²) in [7, 11) is 0. The summed E-state index contributed by atoms with van der Waals surface area (Å²) in [6.07, 6.45) is 0. The number of imide groups is 1. The highest BCUT2D eigenvalue weighted by Gasteiger charge is 2.22. The first-order valence-corrected chi connectivity index (χ1v) is 9.18. The molecule has 5 aromatic carbocycles. The summed E-state index contributed by atoms with van der Waals surface area (Å²) in [5.74, 6) is -0.464. The van der Waals surface area contributed by atoms with Gasteiger partial charge in [-0.25, -0.2) is 4.79 Å². The average molecular weight is 366 g/mol. The maximum absolute atomic E-state index is 12.8. The van der Waals surface area contributed by atoms with Crippen molar-refractivity contribution < 1.29 is 9.59 Å². The molecule has 5 rings (SSSR count). The second-order valence-corrected chi connectivity index (χ2v) is 7.26. The highest BCUT2D eigenvalue weighted by atomic mass is 16.2. The fraction of sp³-hybridized carbons (Fsp3) is 0.0833. The molecule has 0 saturated carbocycles. The number of carbonyl (C=O) groups is 2. The number of hydrogen-bond acceptors (Lipinski definition) is 2. The van der Waals surface area contributed by atoms with E-state index in [9.17, 15) is 9.59 Å². The molecular formula is C24H18N2O2. The Hall–Kier alpha value is -3.66. The topological polar surface area (TPSA) is 72.2 Å². The zero-order valence-corrected chi connectivity index (χ0v) is 15.6. The number of benzene rings is 5. The van der Waals surface area contributed by atoms with Gasteiger partial charge in [0.25, 0.3) is 5.91 Å². The van der Waals surface area contributed by atoms with Crippen LogP contribution in [0.3, 0.4) is 0 Å². The van der Waals surface area contributed by atoms with Crippen LogP contribution in [0, 0.1) is 13.8 Å². The third-order valence-electron chi connectivity index (χ3n) is 5.82. The van der Waals surface area contributed by atoms with E-state index in [2.05, 4.69) is 47.8 Å². The first-order chi connectivity index (χ1) is 13.5. The van der Waals surface area contributed by atoms with Gasteiger partial charge in [0.15, 0.2) is 0 Å². The lowest BCUT2D eigenvalue weighted by molar-refractivity contribution is 0.0967. The van der Waals surface area contributed by atoms with Gasteiger partial charge in [-0.1, -0.05) is 54.6 Å². The molecule has 0 heterocycles. The fourth-order valence-corrected chi connectivity index (χ4v) is 4.60. The number of nitrogens with two attached hydrogens (primary N) is 1. The van der Waals surface area contributed by atoms with Crippen molar-refractivity contribution in [3.63, 3.8) is 0 Å².